The Balaban J connectivity index is 1.71. The van der Waals surface area contributed by atoms with E-state index in [9.17, 15) is 4.79 Å². The molecule has 1 amide bonds. The average Bonchev–Trinajstić information content (AvgIpc) is 3.00. The van der Waals surface area contributed by atoms with Crippen LogP contribution in [0.15, 0.2) is 35.6 Å². The molecule has 0 spiro atoms. The molecular formula is C15H14ClN5OS2. The first-order valence-electron chi connectivity index (χ1n) is 7.00. The lowest BCUT2D eigenvalue weighted by Gasteiger charge is -2.06. The fourth-order valence-electron chi connectivity index (χ4n) is 1.90. The van der Waals surface area contributed by atoms with Crippen LogP contribution in [0, 0.1) is 0 Å². The topological polar surface area (TPSA) is 71.0 Å². The van der Waals surface area contributed by atoms with Crippen LogP contribution in [0.4, 0.5) is 10.8 Å². The van der Waals surface area contributed by atoms with E-state index in [-0.39, 0.29) is 11.7 Å². The smallest absolute Gasteiger partial charge is 0.234 e. The number of hydrogen-bond acceptors (Lipinski definition) is 7. The van der Waals surface area contributed by atoms with Crippen molar-refractivity contribution in [2.45, 2.75) is 5.03 Å². The number of aromatic nitrogens is 3. The minimum Gasteiger partial charge on any atom is -0.354 e. The number of hydrogen-bond donors (Lipinski definition) is 1. The van der Waals surface area contributed by atoms with Crippen molar-refractivity contribution in [3.8, 4) is 0 Å². The summed E-state index contributed by atoms with van der Waals surface area (Å²) in [6, 6.07) is 7.14. The maximum atomic E-state index is 12.1. The first-order chi connectivity index (χ1) is 11.5. The van der Waals surface area contributed by atoms with Crippen LogP contribution in [-0.4, -0.2) is 40.7 Å². The molecule has 2 heterocycles. The highest BCUT2D eigenvalue weighted by Crippen LogP contribution is 2.33. The molecule has 0 fully saturated rings. The minimum absolute atomic E-state index is 0.141. The maximum absolute atomic E-state index is 12.1. The van der Waals surface area contributed by atoms with Gasteiger partial charge in [0.25, 0.3) is 0 Å². The van der Waals surface area contributed by atoms with Gasteiger partial charge in [0.15, 0.2) is 10.8 Å². The van der Waals surface area contributed by atoms with Crippen LogP contribution in [0.5, 0.6) is 0 Å². The Morgan fingerprint density at radius 2 is 2.12 bits per heavy atom. The van der Waals surface area contributed by atoms with Gasteiger partial charge < -0.3 is 10.2 Å². The zero-order valence-electron chi connectivity index (χ0n) is 13.0. The van der Waals surface area contributed by atoms with E-state index in [4.69, 9.17) is 11.6 Å². The SMILES string of the molecule is CN(C)c1nc2ncnc(SCC(=O)Nc3ccccc3Cl)c2s1. The van der Waals surface area contributed by atoms with Crippen molar-refractivity contribution >= 4 is 61.8 Å². The first-order valence-corrected chi connectivity index (χ1v) is 9.18. The molecular weight excluding hydrogens is 366 g/mol. The van der Waals surface area contributed by atoms with Gasteiger partial charge >= 0.3 is 0 Å². The van der Waals surface area contributed by atoms with Gasteiger partial charge in [-0.25, -0.2) is 9.97 Å². The molecule has 0 radical (unpaired) electrons. The predicted molar refractivity (Wildman–Crippen MR) is 100 cm³/mol. The van der Waals surface area contributed by atoms with Gasteiger partial charge in [-0.05, 0) is 12.1 Å². The molecule has 24 heavy (non-hydrogen) atoms. The van der Waals surface area contributed by atoms with Crippen molar-refractivity contribution in [3.05, 3.63) is 35.6 Å². The van der Waals surface area contributed by atoms with E-state index < -0.39 is 0 Å². The molecule has 1 aromatic carbocycles. The first kappa shape index (κ1) is 16.9. The normalized spacial score (nSPS) is 10.8. The van der Waals surface area contributed by atoms with E-state index in [2.05, 4.69) is 20.3 Å². The van der Waals surface area contributed by atoms with Crippen molar-refractivity contribution in [1.82, 2.24) is 15.0 Å². The summed E-state index contributed by atoms with van der Waals surface area (Å²) in [7, 11) is 3.85. The quantitative estimate of drug-likeness (QED) is 0.540. The van der Waals surface area contributed by atoms with Crippen molar-refractivity contribution in [1.29, 1.82) is 0 Å². The van der Waals surface area contributed by atoms with Crippen LogP contribution < -0.4 is 10.2 Å². The van der Waals surface area contributed by atoms with Gasteiger partial charge in [-0.3, -0.25) is 4.79 Å². The van der Waals surface area contributed by atoms with Crippen LogP contribution in [0.1, 0.15) is 0 Å². The Bertz CT molecular complexity index is 883. The number of halogens is 1. The standard InChI is InChI=1S/C15H14ClN5OS2/c1-21(2)15-20-13-12(24-15)14(18-8-17-13)23-7-11(22)19-10-6-4-3-5-9(10)16/h3-6,8H,7H2,1-2H3,(H,19,22). The Morgan fingerprint density at radius 1 is 1.33 bits per heavy atom. The number of nitrogens with one attached hydrogen (secondary N) is 1. The Hall–Kier alpha value is -1.90. The number of rotatable bonds is 5. The van der Waals surface area contributed by atoms with Gasteiger partial charge in [0.05, 0.1) is 16.5 Å². The number of carbonyl (C=O) groups is 1. The summed E-state index contributed by atoms with van der Waals surface area (Å²) in [5.74, 6) is 0.0872. The van der Waals surface area contributed by atoms with E-state index >= 15 is 0 Å². The van der Waals surface area contributed by atoms with E-state index in [1.807, 2.05) is 31.1 Å². The second-order valence-corrected chi connectivity index (χ2v) is 7.39. The molecule has 0 atom stereocenters. The Labute approximate surface area is 152 Å². The number of carbonyl (C=O) groups excluding carboxylic acids is 1. The molecule has 9 heteroatoms. The number of benzene rings is 1. The summed E-state index contributed by atoms with van der Waals surface area (Å²) < 4.78 is 0.886. The zero-order chi connectivity index (χ0) is 17.1. The Kier molecular flexibility index (Phi) is 5.17. The fourth-order valence-corrected chi connectivity index (χ4v) is 3.90. The molecule has 0 aliphatic carbocycles. The minimum atomic E-state index is -0.141. The third-order valence-electron chi connectivity index (χ3n) is 3.02. The fraction of sp³-hybridized carbons (Fsp3) is 0.200. The summed E-state index contributed by atoms with van der Waals surface area (Å²) in [5.41, 5.74) is 1.25. The summed E-state index contributed by atoms with van der Waals surface area (Å²) in [6.07, 6.45) is 1.47. The molecule has 6 nitrogen and oxygen atoms in total. The maximum Gasteiger partial charge on any atom is 0.234 e. The highest BCUT2D eigenvalue weighted by molar-refractivity contribution is 8.00. The van der Waals surface area contributed by atoms with Gasteiger partial charge in [0.2, 0.25) is 5.91 Å². The van der Waals surface area contributed by atoms with Crippen LogP contribution in [0.3, 0.4) is 0 Å². The largest absolute Gasteiger partial charge is 0.354 e. The second kappa shape index (κ2) is 7.33. The molecule has 2 aromatic heterocycles. The molecule has 1 N–H and O–H groups in total. The number of fused-ring (bicyclic) bond motifs is 1. The van der Waals surface area contributed by atoms with E-state index in [1.54, 1.807) is 12.1 Å². The van der Waals surface area contributed by atoms with Crippen LogP contribution >= 0.6 is 34.7 Å². The Morgan fingerprint density at radius 3 is 2.88 bits per heavy atom. The number of amides is 1. The third-order valence-corrected chi connectivity index (χ3v) is 5.69. The number of anilines is 2. The summed E-state index contributed by atoms with van der Waals surface area (Å²) in [5, 5.41) is 4.91. The number of para-hydroxylation sites is 1. The molecule has 0 saturated heterocycles. The van der Waals surface area contributed by atoms with E-state index in [0.717, 1.165) is 14.9 Å². The molecule has 0 aliphatic rings. The van der Waals surface area contributed by atoms with Crippen LogP contribution in [-0.2, 0) is 4.79 Å². The zero-order valence-corrected chi connectivity index (χ0v) is 15.4. The van der Waals surface area contributed by atoms with Crippen molar-refractivity contribution in [2.24, 2.45) is 0 Å². The van der Waals surface area contributed by atoms with Crippen molar-refractivity contribution in [3.63, 3.8) is 0 Å². The number of nitrogens with zero attached hydrogens (tertiary/aromatic N) is 4. The van der Waals surface area contributed by atoms with Gasteiger partial charge in [-0.15, -0.1) is 0 Å². The van der Waals surface area contributed by atoms with Gasteiger partial charge in [0, 0.05) is 14.1 Å². The summed E-state index contributed by atoms with van der Waals surface area (Å²) in [6.45, 7) is 0. The monoisotopic (exact) mass is 379 g/mol. The highest BCUT2D eigenvalue weighted by Gasteiger charge is 2.14. The predicted octanol–water partition coefficient (Wildman–Crippen LogP) is 3.54. The molecule has 0 aliphatic heterocycles. The highest BCUT2D eigenvalue weighted by atomic mass is 35.5. The summed E-state index contributed by atoms with van der Waals surface area (Å²) in [4.78, 5) is 27.0. The second-order valence-electron chi connectivity index (χ2n) is 5.04. The lowest BCUT2D eigenvalue weighted by molar-refractivity contribution is -0.113. The number of thioether (sulfide) groups is 1. The van der Waals surface area contributed by atoms with Crippen LogP contribution in [0.25, 0.3) is 10.3 Å². The summed E-state index contributed by atoms with van der Waals surface area (Å²) >= 11 is 8.90. The molecule has 3 aromatic rings. The lowest BCUT2D eigenvalue weighted by Crippen LogP contribution is -2.14. The van der Waals surface area contributed by atoms with Gasteiger partial charge in [0.1, 0.15) is 16.1 Å². The molecule has 3 rings (SSSR count). The molecule has 0 bridgehead atoms. The third kappa shape index (κ3) is 3.77. The van der Waals surface area contributed by atoms with E-state index in [0.29, 0.717) is 16.4 Å². The molecule has 0 saturated carbocycles. The van der Waals surface area contributed by atoms with Gasteiger partial charge in [-0.2, -0.15) is 4.98 Å². The molecule has 0 unspecified atom stereocenters. The van der Waals surface area contributed by atoms with Crippen molar-refractivity contribution < 1.29 is 4.79 Å². The van der Waals surface area contributed by atoms with Crippen molar-refractivity contribution in [2.75, 3.05) is 30.1 Å². The molecule has 124 valence electrons. The van der Waals surface area contributed by atoms with Crippen LogP contribution in [0.2, 0.25) is 5.02 Å². The lowest BCUT2D eigenvalue weighted by atomic mass is 10.3. The van der Waals surface area contributed by atoms with Gasteiger partial charge in [-0.1, -0.05) is 46.8 Å². The number of thiazole rings is 1. The van der Waals surface area contributed by atoms with E-state index in [1.165, 1.54) is 29.4 Å². The average molecular weight is 380 g/mol.